The van der Waals surface area contributed by atoms with Gasteiger partial charge in [-0.05, 0) is 0 Å². The molecule has 0 radical (unpaired) electrons. The summed E-state index contributed by atoms with van der Waals surface area (Å²) in [5, 5.41) is 4.77. The van der Waals surface area contributed by atoms with Crippen LogP contribution in [0.4, 0.5) is 0 Å². The Hall–Kier alpha value is -1.06. The van der Waals surface area contributed by atoms with Crippen LogP contribution in [0.3, 0.4) is 0 Å². The van der Waals surface area contributed by atoms with Crippen LogP contribution in [0, 0.1) is 53.4 Å². The molecule has 3 aromatic carbocycles. The summed E-state index contributed by atoms with van der Waals surface area (Å²) in [5.74, 6) is 1.23. The molecule has 0 nitrogen and oxygen atoms in total. The number of halogens is 3. The zero-order valence-corrected chi connectivity index (χ0v) is 28.0. The van der Waals surface area contributed by atoms with Gasteiger partial charge in [-0.2, -0.15) is 0 Å². The SMILES string of the molecule is Cc1cc(C)cc([Si](c2cc(C)cc(C)c2)(c2cc(C)cc(C)c2)C2[CH]([Ti+3])CC3C=CC=CC32)c1.[Cl-].[Cl-].[Cl-]. The van der Waals surface area contributed by atoms with Gasteiger partial charge in [-0.3, -0.25) is 0 Å². The number of hydrogen-bond donors (Lipinski definition) is 0. The minimum absolute atomic E-state index is 0. The van der Waals surface area contributed by atoms with Crippen molar-refractivity contribution in [3.8, 4) is 0 Å². The molecule has 0 amide bonds. The van der Waals surface area contributed by atoms with Gasteiger partial charge in [0.1, 0.15) is 0 Å². The number of rotatable bonds is 4. The molecule has 4 atom stereocenters. The molecule has 198 valence electrons. The fourth-order valence-electron chi connectivity index (χ4n) is 7.27. The van der Waals surface area contributed by atoms with Gasteiger partial charge in [-0.25, -0.2) is 0 Å². The standard InChI is InChI=1S/C33H37Si.3ClH.Ti/c1-22-13-23(2)17-29(16-22)34(30-18-24(3)14-25(4)19-30,31-20-26(5)15-27(6)21-31)33-12-11-28-9-7-8-10-32(28)33;;;;/h7-10,12-21,28,32-33H,11H2,1-6H3;3*1H;/q;;;;+3/p-3. The first-order valence-corrected chi connectivity index (χ1v) is 16.0. The molecule has 2 aliphatic rings. The molecule has 0 N–H and O–H groups in total. The van der Waals surface area contributed by atoms with Crippen LogP contribution < -0.4 is 52.8 Å². The maximum atomic E-state index is 2.55. The molecule has 5 heteroatoms. The molecule has 0 aliphatic heterocycles. The van der Waals surface area contributed by atoms with Crippen molar-refractivity contribution in [3.05, 3.63) is 112 Å². The van der Waals surface area contributed by atoms with E-state index in [2.05, 4.69) is 141 Å². The van der Waals surface area contributed by atoms with E-state index in [9.17, 15) is 0 Å². The number of hydrogen-bond acceptors (Lipinski definition) is 0. The summed E-state index contributed by atoms with van der Waals surface area (Å²) in [4.78, 5) is 0. The van der Waals surface area contributed by atoms with E-state index in [0.29, 0.717) is 21.6 Å². The summed E-state index contributed by atoms with van der Waals surface area (Å²) in [6.45, 7) is 13.7. The average molecular weight is 616 g/mol. The van der Waals surface area contributed by atoms with Crippen LogP contribution in [0.1, 0.15) is 39.8 Å². The van der Waals surface area contributed by atoms with E-state index in [1.165, 1.54) is 39.8 Å². The van der Waals surface area contributed by atoms with Gasteiger partial charge < -0.3 is 37.2 Å². The maximum absolute atomic E-state index is 2.55. The molecule has 0 aromatic heterocycles. The predicted molar refractivity (Wildman–Crippen MR) is 150 cm³/mol. The zero-order valence-electron chi connectivity index (χ0n) is 23.2. The summed E-state index contributed by atoms with van der Waals surface area (Å²) in [5.41, 5.74) is 8.90. The van der Waals surface area contributed by atoms with Gasteiger partial charge in [0.25, 0.3) is 0 Å². The van der Waals surface area contributed by atoms with Crippen LogP contribution in [-0.2, 0) is 20.4 Å². The molecule has 38 heavy (non-hydrogen) atoms. The Morgan fingerprint density at radius 1 is 0.553 bits per heavy atom. The Morgan fingerprint density at radius 2 is 0.895 bits per heavy atom. The molecule has 0 bridgehead atoms. The van der Waals surface area contributed by atoms with Gasteiger partial charge >= 0.3 is 226 Å². The molecule has 1 saturated carbocycles. The van der Waals surface area contributed by atoms with Crippen LogP contribution >= 0.6 is 0 Å². The quantitative estimate of drug-likeness (QED) is 0.225. The van der Waals surface area contributed by atoms with Crippen LogP contribution in [0.25, 0.3) is 0 Å². The van der Waals surface area contributed by atoms with E-state index < -0.39 is 8.07 Å². The Bertz CT molecular complexity index is 1160. The molecule has 5 rings (SSSR count). The summed E-state index contributed by atoms with van der Waals surface area (Å²) < 4.78 is 0.659. The molecular formula is C33H37Cl3SiTi. The normalized spacial score (nSPS) is 21.7. The largest absolute Gasteiger partial charge is 1.00 e. The van der Waals surface area contributed by atoms with E-state index in [-0.39, 0.29) is 37.2 Å². The average Bonchev–Trinajstić information content (AvgIpc) is 3.09. The van der Waals surface area contributed by atoms with Gasteiger partial charge in [0.05, 0.1) is 0 Å². The first-order valence-electron chi connectivity index (χ1n) is 13.0. The third-order valence-electron chi connectivity index (χ3n) is 8.20. The van der Waals surface area contributed by atoms with Crippen molar-refractivity contribution in [2.24, 2.45) is 11.8 Å². The van der Waals surface area contributed by atoms with Gasteiger partial charge in [-0.15, -0.1) is 0 Å². The molecular weight excluding hydrogens is 579 g/mol. The van der Waals surface area contributed by atoms with Crippen molar-refractivity contribution in [2.75, 3.05) is 0 Å². The summed E-state index contributed by atoms with van der Waals surface area (Å²) in [6, 6.07) is 22.3. The van der Waals surface area contributed by atoms with Crippen LogP contribution in [0.2, 0.25) is 9.76 Å². The topological polar surface area (TPSA) is 0 Å². The first kappa shape index (κ1) is 33.1. The second kappa shape index (κ2) is 13.1. The van der Waals surface area contributed by atoms with E-state index in [1.54, 1.807) is 15.6 Å². The minimum Gasteiger partial charge on any atom is -1.00 e. The van der Waals surface area contributed by atoms with Crippen molar-refractivity contribution >= 4 is 23.6 Å². The Morgan fingerprint density at radius 3 is 1.26 bits per heavy atom. The predicted octanol–water partition coefficient (Wildman–Crippen LogP) is -2.51. The fourth-order valence-corrected chi connectivity index (χ4v) is 15.8. The smallest absolute Gasteiger partial charge is 1.00 e. The molecule has 0 spiro atoms. The van der Waals surface area contributed by atoms with Crippen LogP contribution in [0.15, 0.2) is 78.9 Å². The molecule has 3 aromatic rings. The minimum atomic E-state index is -2.44. The van der Waals surface area contributed by atoms with Gasteiger partial charge in [0.2, 0.25) is 0 Å². The maximum Gasteiger partial charge on any atom is -1.00 e. The Kier molecular flexibility index (Phi) is 11.4. The van der Waals surface area contributed by atoms with E-state index >= 15 is 0 Å². The molecule has 0 saturated heterocycles. The van der Waals surface area contributed by atoms with Crippen molar-refractivity contribution in [1.82, 2.24) is 0 Å². The number of benzene rings is 3. The van der Waals surface area contributed by atoms with Crippen molar-refractivity contribution in [2.45, 2.75) is 57.7 Å². The number of fused-ring (bicyclic) bond motifs is 1. The first-order chi connectivity index (χ1) is 16.7. The van der Waals surface area contributed by atoms with Gasteiger partial charge in [-0.1, -0.05) is 0 Å². The second-order valence-electron chi connectivity index (χ2n) is 11.3. The number of aryl methyl sites for hydroxylation is 6. The van der Waals surface area contributed by atoms with Crippen LogP contribution in [-0.4, -0.2) is 8.07 Å². The second-order valence-corrected chi connectivity index (χ2v) is 16.5. The van der Waals surface area contributed by atoms with Gasteiger partial charge in [0, 0.05) is 0 Å². The number of allylic oxidation sites excluding steroid dienone is 4. The fraction of sp³-hybridized carbons (Fsp3) is 0.333. The molecule has 1 fully saturated rings. The summed E-state index contributed by atoms with van der Waals surface area (Å²) in [7, 11) is -2.44. The summed E-state index contributed by atoms with van der Waals surface area (Å²) in [6.07, 6.45) is 10.9. The van der Waals surface area contributed by atoms with Crippen molar-refractivity contribution < 1.29 is 57.7 Å². The molecule has 2 aliphatic carbocycles. The Balaban J connectivity index is 0.00000169. The van der Waals surface area contributed by atoms with Gasteiger partial charge in [0.15, 0.2) is 0 Å². The van der Waals surface area contributed by atoms with E-state index in [0.717, 1.165) is 0 Å². The summed E-state index contributed by atoms with van der Waals surface area (Å²) >= 11 is 2.54. The van der Waals surface area contributed by atoms with E-state index in [4.69, 9.17) is 0 Å². The van der Waals surface area contributed by atoms with E-state index in [1.807, 2.05) is 0 Å². The third-order valence-corrected chi connectivity index (χ3v) is 15.0. The molecule has 4 unspecified atom stereocenters. The Labute approximate surface area is 261 Å². The monoisotopic (exact) mass is 614 g/mol. The molecule has 0 heterocycles. The van der Waals surface area contributed by atoms with Crippen molar-refractivity contribution in [3.63, 3.8) is 0 Å². The van der Waals surface area contributed by atoms with Crippen LogP contribution in [0.5, 0.6) is 0 Å². The third kappa shape index (κ3) is 5.99. The van der Waals surface area contributed by atoms with Crippen molar-refractivity contribution in [1.29, 1.82) is 0 Å². The zero-order chi connectivity index (χ0) is 24.9.